The van der Waals surface area contributed by atoms with Gasteiger partial charge in [0.15, 0.2) is 5.82 Å². The Bertz CT molecular complexity index is 1180. The van der Waals surface area contributed by atoms with Gasteiger partial charge in [-0.25, -0.2) is 9.37 Å². The third-order valence-corrected chi connectivity index (χ3v) is 4.28. The Labute approximate surface area is 176 Å². The summed E-state index contributed by atoms with van der Waals surface area (Å²) in [6.07, 6.45) is 1.37. The molecular weight excluding hydrogens is 405 g/mol. The number of anilines is 1. The van der Waals surface area contributed by atoms with Crippen molar-refractivity contribution >= 4 is 17.4 Å². The highest BCUT2D eigenvalue weighted by Crippen LogP contribution is 2.24. The molecule has 0 unspecified atom stereocenters. The van der Waals surface area contributed by atoms with Gasteiger partial charge in [-0.15, -0.1) is 0 Å². The zero-order valence-electron chi connectivity index (χ0n) is 16.8. The van der Waals surface area contributed by atoms with Crippen molar-refractivity contribution in [2.24, 2.45) is 0 Å². The fraction of sp³-hybridized carbons (Fsp3) is 0.190. The van der Waals surface area contributed by atoms with E-state index in [1.807, 2.05) is 13.8 Å². The Balaban J connectivity index is 1.89. The second-order valence-electron chi connectivity index (χ2n) is 7.11. The van der Waals surface area contributed by atoms with Crippen molar-refractivity contribution in [3.8, 4) is 11.3 Å². The summed E-state index contributed by atoms with van der Waals surface area (Å²) in [5.74, 6) is -0.820. The molecule has 0 saturated heterocycles. The van der Waals surface area contributed by atoms with Crippen LogP contribution >= 0.6 is 0 Å². The molecule has 31 heavy (non-hydrogen) atoms. The Hall–Kier alpha value is -4.08. The van der Waals surface area contributed by atoms with Crippen LogP contribution in [-0.2, 0) is 6.54 Å². The van der Waals surface area contributed by atoms with Crippen LogP contribution < -0.4 is 16.2 Å². The lowest BCUT2D eigenvalue weighted by atomic mass is 10.1. The molecule has 0 atom stereocenters. The first-order chi connectivity index (χ1) is 14.7. The summed E-state index contributed by atoms with van der Waals surface area (Å²) < 4.78 is 13.0. The van der Waals surface area contributed by atoms with Crippen molar-refractivity contribution in [2.75, 3.05) is 5.32 Å². The molecule has 0 spiro atoms. The van der Waals surface area contributed by atoms with Crippen LogP contribution in [0.3, 0.4) is 0 Å². The summed E-state index contributed by atoms with van der Waals surface area (Å²) in [7, 11) is 0. The SMILES string of the molecule is CC(C)Nc1ncc(-c2cc(C(=O)NCc3ccc(F)cc3)cc([N+](=O)[O-])c2)[nH]c1=O. The number of H-pyrrole nitrogens is 1. The maximum absolute atomic E-state index is 13.0. The van der Waals surface area contributed by atoms with Gasteiger partial charge in [-0.05, 0) is 37.6 Å². The minimum atomic E-state index is -0.625. The van der Waals surface area contributed by atoms with E-state index in [9.17, 15) is 24.1 Å². The van der Waals surface area contributed by atoms with Gasteiger partial charge in [0.1, 0.15) is 5.82 Å². The topological polar surface area (TPSA) is 130 Å². The van der Waals surface area contributed by atoms with E-state index >= 15 is 0 Å². The monoisotopic (exact) mass is 425 g/mol. The van der Waals surface area contributed by atoms with Crippen molar-refractivity contribution in [1.29, 1.82) is 0 Å². The Morgan fingerprint density at radius 1 is 1.23 bits per heavy atom. The van der Waals surface area contributed by atoms with Crippen LogP contribution in [0.2, 0.25) is 0 Å². The molecule has 3 rings (SSSR count). The van der Waals surface area contributed by atoms with E-state index in [0.29, 0.717) is 5.56 Å². The lowest BCUT2D eigenvalue weighted by molar-refractivity contribution is -0.384. The lowest BCUT2D eigenvalue weighted by Crippen LogP contribution is -2.23. The smallest absolute Gasteiger partial charge is 0.291 e. The van der Waals surface area contributed by atoms with E-state index in [2.05, 4.69) is 20.6 Å². The molecule has 10 heteroatoms. The van der Waals surface area contributed by atoms with Gasteiger partial charge in [0.25, 0.3) is 17.2 Å². The standard InChI is InChI=1S/C21H20FN5O4/c1-12(2)25-19-21(29)26-18(11-23-19)14-7-15(9-17(8-14)27(30)31)20(28)24-10-13-3-5-16(22)6-4-13/h3-9,11-12H,10H2,1-2H3,(H,23,25)(H,24,28)(H,26,29). The largest absolute Gasteiger partial charge is 0.363 e. The van der Waals surface area contributed by atoms with E-state index in [0.717, 1.165) is 6.07 Å². The van der Waals surface area contributed by atoms with Gasteiger partial charge >= 0.3 is 0 Å². The molecule has 0 aliphatic rings. The number of halogens is 1. The molecule has 3 N–H and O–H groups in total. The first kappa shape index (κ1) is 21.6. The average Bonchev–Trinajstić information content (AvgIpc) is 2.74. The fourth-order valence-electron chi connectivity index (χ4n) is 2.81. The minimum absolute atomic E-state index is 0.00586. The van der Waals surface area contributed by atoms with Crippen LogP contribution in [-0.4, -0.2) is 26.8 Å². The maximum Gasteiger partial charge on any atom is 0.291 e. The van der Waals surface area contributed by atoms with Gasteiger partial charge in [0.05, 0.1) is 16.8 Å². The number of nitrogens with one attached hydrogen (secondary N) is 3. The normalized spacial score (nSPS) is 10.7. The number of aromatic amines is 1. The highest BCUT2D eigenvalue weighted by atomic mass is 19.1. The number of amides is 1. The van der Waals surface area contributed by atoms with E-state index in [1.165, 1.54) is 42.6 Å². The Morgan fingerprint density at radius 3 is 2.55 bits per heavy atom. The molecule has 3 aromatic rings. The number of hydrogen-bond acceptors (Lipinski definition) is 6. The number of carbonyl (C=O) groups is 1. The first-order valence-electron chi connectivity index (χ1n) is 9.41. The molecule has 0 bridgehead atoms. The van der Waals surface area contributed by atoms with Crippen molar-refractivity contribution in [1.82, 2.24) is 15.3 Å². The van der Waals surface area contributed by atoms with Gasteiger partial charge in [0.2, 0.25) is 0 Å². The number of nitrogens with zero attached hydrogens (tertiary/aromatic N) is 2. The van der Waals surface area contributed by atoms with Crippen molar-refractivity contribution < 1.29 is 14.1 Å². The second kappa shape index (κ2) is 9.16. The molecule has 0 fully saturated rings. The highest BCUT2D eigenvalue weighted by Gasteiger charge is 2.17. The van der Waals surface area contributed by atoms with Gasteiger partial charge in [0, 0.05) is 35.8 Å². The number of nitro groups is 1. The number of non-ortho nitro benzene ring substituents is 1. The summed E-state index contributed by atoms with van der Waals surface area (Å²) in [5, 5.41) is 16.9. The zero-order valence-corrected chi connectivity index (χ0v) is 16.8. The average molecular weight is 425 g/mol. The summed E-state index contributed by atoms with van der Waals surface area (Å²) in [4.78, 5) is 42.3. The summed E-state index contributed by atoms with van der Waals surface area (Å²) in [5.41, 5.74) is 0.408. The molecule has 0 saturated carbocycles. The van der Waals surface area contributed by atoms with Gasteiger partial charge < -0.3 is 15.6 Å². The predicted octanol–water partition coefficient (Wildman–Crippen LogP) is 3.23. The van der Waals surface area contributed by atoms with Crippen molar-refractivity contribution in [2.45, 2.75) is 26.4 Å². The van der Waals surface area contributed by atoms with Crippen LogP contribution in [0.25, 0.3) is 11.3 Å². The maximum atomic E-state index is 13.0. The molecular formula is C21H20FN5O4. The zero-order chi connectivity index (χ0) is 22.5. The van der Waals surface area contributed by atoms with E-state index < -0.39 is 22.2 Å². The van der Waals surface area contributed by atoms with E-state index in [1.54, 1.807) is 0 Å². The Kier molecular flexibility index (Phi) is 6.39. The van der Waals surface area contributed by atoms with Gasteiger partial charge in [-0.1, -0.05) is 12.1 Å². The summed E-state index contributed by atoms with van der Waals surface area (Å²) >= 11 is 0. The fourth-order valence-corrected chi connectivity index (χ4v) is 2.81. The molecule has 1 aromatic heterocycles. The minimum Gasteiger partial charge on any atom is -0.363 e. The highest BCUT2D eigenvalue weighted by molar-refractivity contribution is 5.96. The molecule has 9 nitrogen and oxygen atoms in total. The molecule has 0 aliphatic heterocycles. The van der Waals surface area contributed by atoms with Crippen molar-refractivity contribution in [3.63, 3.8) is 0 Å². The number of aromatic nitrogens is 2. The Morgan fingerprint density at radius 2 is 1.94 bits per heavy atom. The van der Waals surface area contributed by atoms with Crippen molar-refractivity contribution in [3.05, 3.63) is 86.1 Å². The molecule has 160 valence electrons. The molecule has 0 aliphatic carbocycles. The third-order valence-electron chi connectivity index (χ3n) is 4.28. The van der Waals surface area contributed by atoms with Crippen LogP contribution in [0.4, 0.5) is 15.9 Å². The van der Waals surface area contributed by atoms with E-state index in [-0.39, 0.29) is 40.9 Å². The summed E-state index contributed by atoms with van der Waals surface area (Å²) in [6, 6.07) is 9.41. The molecule has 0 radical (unpaired) electrons. The number of benzene rings is 2. The predicted molar refractivity (Wildman–Crippen MR) is 113 cm³/mol. The molecule has 1 amide bonds. The number of nitro benzene ring substituents is 1. The lowest BCUT2D eigenvalue weighted by Gasteiger charge is -2.10. The van der Waals surface area contributed by atoms with Crippen LogP contribution in [0.1, 0.15) is 29.8 Å². The number of rotatable bonds is 7. The van der Waals surface area contributed by atoms with Crippen LogP contribution in [0.5, 0.6) is 0 Å². The quantitative estimate of drug-likeness (QED) is 0.394. The molecule has 1 heterocycles. The summed E-state index contributed by atoms with van der Waals surface area (Å²) in [6.45, 7) is 3.82. The molecule has 2 aromatic carbocycles. The number of hydrogen-bond donors (Lipinski definition) is 3. The van der Waals surface area contributed by atoms with Gasteiger partial charge in [-0.3, -0.25) is 19.7 Å². The number of carbonyl (C=O) groups excluding carboxylic acids is 1. The first-order valence-corrected chi connectivity index (χ1v) is 9.41. The van der Waals surface area contributed by atoms with Gasteiger partial charge in [-0.2, -0.15) is 0 Å². The second-order valence-corrected chi connectivity index (χ2v) is 7.11. The van der Waals surface area contributed by atoms with Crippen LogP contribution in [0.15, 0.2) is 53.5 Å². The third kappa shape index (κ3) is 5.50. The van der Waals surface area contributed by atoms with Crippen LogP contribution in [0, 0.1) is 15.9 Å². The van der Waals surface area contributed by atoms with E-state index in [4.69, 9.17) is 0 Å².